The number of nitrogens with one attached hydrogen (secondary N) is 1. The summed E-state index contributed by atoms with van der Waals surface area (Å²) in [6.45, 7) is 56.3. The molecule has 19 heteroatoms. The van der Waals surface area contributed by atoms with Crippen molar-refractivity contribution in [2.24, 2.45) is 0 Å². The zero-order valence-electron chi connectivity index (χ0n) is 63.4. The molecule has 8 heterocycles. The second kappa shape index (κ2) is 28.7. The molecule has 0 aromatic rings. The van der Waals surface area contributed by atoms with E-state index in [2.05, 4.69) is 192 Å². The third kappa shape index (κ3) is 18.4. The molecule has 0 saturated carbocycles. The van der Waals surface area contributed by atoms with Crippen molar-refractivity contribution >= 4 is 0 Å². The molecule has 8 unspecified atom stereocenters. The predicted octanol–water partition coefficient (Wildman–Crippen LogP) is 10.7. The van der Waals surface area contributed by atoms with Gasteiger partial charge in [-0.05, 0) is 242 Å². The molecule has 0 spiro atoms. The average molecular weight is 1310 g/mol. The van der Waals surface area contributed by atoms with Crippen LogP contribution in [0.4, 0.5) is 0 Å². The Balaban J connectivity index is 0.931. The standard InChI is InChI=1S/C73H140N8O11/c1-62(2)36-56(37-63(3,4)74-62)87-48-54(82)44-75(52-32-64(5,6)77-46-60(91-72(77,21)34-52)50-89-58-40-68(13,14)80(85-24)69(15,16)41-58)30-28-26-27-29-31-76(45-55(83)49-88-57-38-66(9,10)79(84-23)67(11,12)39-57)53-33-65(7,8)78-47-61(92-73(78,22)35-53)51-90-59-42-70(17,18)81(86-25)71(19,20)43-59/h52-61,74,82-83H,26-51H2,1-25H3. The van der Waals surface area contributed by atoms with Gasteiger partial charge in [0.15, 0.2) is 0 Å². The van der Waals surface area contributed by atoms with Gasteiger partial charge in [0, 0.05) is 106 Å². The average Bonchev–Trinajstić information content (AvgIpc) is 1.57. The number of hydroxylamine groups is 6. The van der Waals surface area contributed by atoms with Crippen molar-refractivity contribution in [3.63, 3.8) is 0 Å². The number of hydrogen-bond donors (Lipinski definition) is 3. The van der Waals surface area contributed by atoms with Crippen LogP contribution in [0, 0.1) is 0 Å². The Morgan fingerprint density at radius 2 is 0.685 bits per heavy atom. The van der Waals surface area contributed by atoms with Crippen LogP contribution in [0.1, 0.15) is 255 Å². The first-order valence-electron chi connectivity index (χ1n) is 36.3. The van der Waals surface area contributed by atoms with Crippen molar-refractivity contribution < 1.29 is 53.1 Å². The molecule has 8 rings (SSSR count). The molecule has 8 fully saturated rings. The van der Waals surface area contributed by atoms with E-state index in [-0.39, 0.29) is 111 Å². The summed E-state index contributed by atoms with van der Waals surface area (Å²) in [6.07, 6.45) is 13.7. The number of hydrogen-bond acceptors (Lipinski definition) is 19. The van der Waals surface area contributed by atoms with E-state index >= 15 is 0 Å². The second-order valence-corrected chi connectivity index (χ2v) is 37.2. The van der Waals surface area contributed by atoms with Crippen molar-refractivity contribution in [2.75, 3.05) is 87.0 Å². The highest BCUT2D eigenvalue weighted by molar-refractivity contribution is 5.08. The largest absolute Gasteiger partial charge is 0.389 e. The Morgan fingerprint density at radius 3 is 0.989 bits per heavy atom. The van der Waals surface area contributed by atoms with Gasteiger partial charge in [0.25, 0.3) is 0 Å². The first kappa shape index (κ1) is 77.0. The molecule has 8 aliphatic heterocycles. The van der Waals surface area contributed by atoms with Gasteiger partial charge in [-0.2, -0.15) is 15.2 Å². The molecule has 8 atom stereocenters. The lowest BCUT2D eigenvalue weighted by Gasteiger charge is -2.54. The van der Waals surface area contributed by atoms with Crippen LogP contribution < -0.4 is 5.32 Å². The van der Waals surface area contributed by atoms with Crippen LogP contribution in [0.2, 0.25) is 0 Å². The number of aliphatic hydroxyl groups is 2. The highest BCUT2D eigenvalue weighted by Gasteiger charge is 2.58. The van der Waals surface area contributed by atoms with Crippen LogP contribution in [-0.4, -0.2) is 260 Å². The van der Waals surface area contributed by atoms with Crippen LogP contribution >= 0.6 is 0 Å². The molecule has 0 aromatic carbocycles. The van der Waals surface area contributed by atoms with Crippen LogP contribution in [0.25, 0.3) is 0 Å². The molecule has 92 heavy (non-hydrogen) atoms. The predicted molar refractivity (Wildman–Crippen MR) is 366 cm³/mol. The topological polar surface area (TPSA) is 158 Å². The van der Waals surface area contributed by atoms with Crippen molar-refractivity contribution in [3.8, 4) is 0 Å². The van der Waals surface area contributed by atoms with Gasteiger partial charge >= 0.3 is 0 Å². The van der Waals surface area contributed by atoms with Gasteiger partial charge < -0.3 is 58.5 Å². The summed E-state index contributed by atoms with van der Waals surface area (Å²) in [7, 11) is 5.33. The molecule has 3 N–H and O–H groups in total. The number of piperidine rings is 6. The zero-order chi connectivity index (χ0) is 68.3. The fraction of sp³-hybridized carbons (Fsp3) is 1.00. The van der Waals surface area contributed by atoms with E-state index < -0.39 is 23.7 Å². The van der Waals surface area contributed by atoms with Crippen LogP contribution in [0.3, 0.4) is 0 Å². The molecular formula is C73H140N8O11. The maximum atomic E-state index is 12.1. The lowest BCUT2D eigenvalue weighted by Crippen LogP contribution is -2.63. The maximum absolute atomic E-state index is 12.1. The van der Waals surface area contributed by atoms with E-state index in [9.17, 15) is 10.2 Å². The van der Waals surface area contributed by atoms with Gasteiger partial charge in [-0.1, -0.05) is 12.8 Å². The molecule has 0 amide bonds. The summed E-state index contributed by atoms with van der Waals surface area (Å²) in [5, 5.41) is 34.4. The molecule has 538 valence electrons. The van der Waals surface area contributed by atoms with Crippen molar-refractivity contribution in [3.05, 3.63) is 0 Å². The first-order valence-corrected chi connectivity index (χ1v) is 36.3. The number of unbranched alkanes of at least 4 members (excludes halogenated alkanes) is 3. The highest BCUT2D eigenvalue weighted by Crippen LogP contribution is 2.49. The summed E-state index contributed by atoms with van der Waals surface area (Å²) in [5.74, 6) is 0. The molecule has 0 bridgehead atoms. The Kier molecular flexibility index (Phi) is 24.0. The fourth-order valence-corrected chi connectivity index (χ4v) is 21.0. The number of rotatable bonds is 28. The van der Waals surface area contributed by atoms with E-state index in [4.69, 9.17) is 42.9 Å². The van der Waals surface area contributed by atoms with Gasteiger partial charge in [-0.3, -0.25) is 19.6 Å². The minimum Gasteiger partial charge on any atom is -0.389 e. The van der Waals surface area contributed by atoms with Crippen LogP contribution in [0.5, 0.6) is 0 Å². The first-order chi connectivity index (χ1) is 42.3. The van der Waals surface area contributed by atoms with E-state index in [1.54, 1.807) is 21.3 Å². The van der Waals surface area contributed by atoms with E-state index in [1.807, 2.05) is 0 Å². The third-order valence-electron chi connectivity index (χ3n) is 22.9. The summed E-state index contributed by atoms with van der Waals surface area (Å²) in [4.78, 5) is 28.2. The summed E-state index contributed by atoms with van der Waals surface area (Å²) >= 11 is 0. The van der Waals surface area contributed by atoms with Gasteiger partial charge in [-0.15, -0.1) is 0 Å². The second-order valence-electron chi connectivity index (χ2n) is 37.2. The van der Waals surface area contributed by atoms with Crippen molar-refractivity contribution in [1.82, 2.24) is 40.1 Å². The van der Waals surface area contributed by atoms with E-state index in [0.717, 1.165) is 129 Å². The zero-order valence-corrected chi connectivity index (χ0v) is 63.4. The van der Waals surface area contributed by atoms with Crippen LogP contribution in [-0.2, 0) is 42.9 Å². The number of nitrogens with zero attached hydrogens (tertiary/aromatic N) is 7. The van der Waals surface area contributed by atoms with Gasteiger partial charge in [0.2, 0.25) is 0 Å². The Bertz CT molecular complexity index is 2300. The quantitative estimate of drug-likeness (QED) is 0.0635. The smallest absolute Gasteiger partial charge is 0.121 e. The lowest BCUT2D eigenvalue weighted by atomic mass is 9.80. The summed E-state index contributed by atoms with van der Waals surface area (Å²) < 4.78 is 41.4. The summed E-state index contributed by atoms with van der Waals surface area (Å²) in [5.41, 5.74) is -2.41. The van der Waals surface area contributed by atoms with Crippen molar-refractivity contribution in [1.29, 1.82) is 0 Å². The van der Waals surface area contributed by atoms with Crippen LogP contribution in [0.15, 0.2) is 0 Å². The minimum atomic E-state index is -0.653. The molecule has 8 aliphatic rings. The molecule has 0 aliphatic carbocycles. The Labute approximate surface area is 560 Å². The molecule has 19 nitrogen and oxygen atoms in total. The maximum Gasteiger partial charge on any atom is 0.121 e. The third-order valence-corrected chi connectivity index (χ3v) is 22.9. The Morgan fingerprint density at radius 1 is 0.391 bits per heavy atom. The van der Waals surface area contributed by atoms with Gasteiger partial charge in [0.1, 0.15) is 11.4 Å². The number of aliphatic hydroxyl groups excluding tert-OH is 2. The highest BCUT2D eigenvalue weighted by atomic mass is 16.7. The fourth-order valence-electron chi connectivity index (χ4n) is 21.0. The summed E-state index contributed by atoms with van der Waals surface area (Å²) in [6, 6.07) is 0.395. The molecular weight excluding hydrogens is 1160 g/mol. The molecule has 8 saturated heterocycles. The van der Waals surface area contributed by atoms with Crippen molar-refractivity contribution in [2.45, 2.75) is 383 Å². The molecule has 0 radical (unpaired) electrons. The monoisotopic (exact) mass is 1310 g/mol. The number of ether oxygens (including phenoxy) is 6. The molecule has 0 aromatic heterocycles. The normalized spacial score (nSPS) is 34.1. The number of fused-ring (bicyclic) bond motifs is 2. The van der Waals surface area contributed by atoms with Gasteiger partial charge in [-0.25, -0.2) is 0 Å². The van der Waals surface area contributed by atoms with E-state index in [0.29, 0.717) is 32.9 Å². The SMILES string of the molecule is CON1C(C)(C)CC(OCC(O)CN(CCCCCCN(CC(O)COC2CC(C)(C)NC(C)(C)C2)C2CC(C)(C)N3CC(COC4CC(C)(C)N(OC)C(C)(C)C4)OC3(C)C2)C2CC(C)(C)N3CC(COC4CC(C)(C)N(OC)C(C)(C)C4)OC3(C)C2)CC1(C)C. The van der Waals surface area contributed by atoms with Gasteiger partial charge in [0.05, 0.1) is 96.6 Å². The van der Waals surface area contributed by atoms with E-state index in [1.165, 1.54) is 0 Å². The lowest BCUT2D eigenvalue weighted by molar-refractivity contribution is -0.281. The minimum absolute atomic E-state index is 0.00803. The Hall–Kier alpha value is -0.760.